The highest BCUT2D eigenvalue weighted by Gasteiger charge is 2.32. The van der Waals surface area contributed by atoms with Gasteiger partial charge in [-0.2, -0.15) is 5.10 Å². The van der Waals surface area contributed by atoms with Crippen molar-refractivity contribution in [2.45, 2.75) is 38.8 Å². The average molecular weight is 377 g/mol. The summed E-state index contributed by atoms with van der Waals surface area (Å²) in [5, 5.41) is 7.91. The number of rotatable bonds is 5. The molecule has 1 N–H and O–H groups in total. The Morgan fingerprint density at radius 3 is 2.92 bits per heavy atom. The largest absolute Gasteiger partial charge is 0.375 e. The fourth-order valence-corrected chi connectivity index (χ4v) is 3.91. The second kappa shape index (κ2) is 7.55. The van der Waals surface area contributed by atoms with Gasteiger partial charge in [-0.1, -0.05) is 0 Å². The quantitative estimate of drug-likeness (QED) is 0.858. The van der Waals surface area contributed by atoms with Gasteiger partial charge < -0.3 is 10.1 Å². The van der Waals surface area contributed by atoms with Crippen LogP contribution in [0, 0.1) is 6.92 Å². The van der Waals surface area contributed by atoms with Crippen LogP contribution in [0.25, 0.3) is 0 Å². The molecule has 0 radical (unpaired) electrons. The van der Waals surface area contributed by atoms with Gasteiger partial charge in [0.1, 0.15) is 22.0 Å². The molecule has 1 aliphatic rings. The molecule has 9 heteroatoms. The molecule has 2 aromatic heterocycles. The van der Waals surface area contributed by atoms with Gasteiger partial charge in [0.15, 0.2) is 5.82 Å². The summed E-state index contributed by atoms with van der Waals surface area (Å²) < 4.78 is 6.92. The number of piperidine rings is 1. The summed E-state index contributed by atoms with van der Waals surface area (Å²) in [6.45, 7) is 4.28. The minimum atomic E-state index is -0.553. The number of anilines is 1. The molecule has 3 rings (SSSR count). The lowest BCUT2D eigenvalue weighted by Crippen LogP contribution is -2.52. The van der Waals surface area contributed by atoms with Crippen molar-refractivity contribution in [3.05, 3.63) is 27.8 Å². The molecule has 2 aromatic rings. The van der Waals surface area contributed by atoms with E-state index in [-0.39, 0.29) is 17.9 Å². The molecular formula is C17H23N5O3S. The molecule has 0 unspecified atom stereocenters. The van der Waals surface area contributed by atoms with Crippen LogP contribution < -0.4 is 10.2 Å². The van der Waals surface area contributed by atoms with E-state index in [1.54, 1.807) is 35.9 Å². The fraction of sp³-hybridized carbons (Fsp3) is 0.529. The molecule has 2 atom stereocenters. The molecule has 3 heterocycles. The summed E-state index contributed by atoms with van der Waals surface area (Å²) in [5.41, 5.74) is 0.649. The van der Waals surface area contributed by atoms with Gasteiger partial charge in [-0.05, 0) is 26.7 Å². The molecule has 0 aliphatic carbocycles. The van der Waals surface area contributed by atoms with Gasteiger partial charge in [0, 0.05) is 33.0 Å². The van der Waals surface area contributed by atoms with Gasteiger partial charge in [-0.15, -0.1) is 11.3 Å². The van der Waals surface area contributed by atoms with Gasteiger partial charge in [0.05, 0.1) is 5.69 Å². The minimum absolute atomic E-state index is 0.129. The number of carbonyl (C=O) groups excluding carboxylic acids is 2. The first-order chi connectivity index (χ1) is 12.4. The van der Waals surface area contributed by atoms with Crippen LogP contribution in [0.2, 0.25) is 0 Å². The topological polar surface area (TPSA) is 89.3 Å². The fourth-order valence-electron chi connectivity index (χ4n) is 2.91. The van der Waals surface area contributed by atoms with Crippen molar-refractivity contribution in [1.82, 2.24) is 20.1 Å². The highest BCUT2D eigenvalue weighted by atomic mass is 32.1. The predicted octanol–water partition coefficient (Wildman–Crippen LogP) is 1.82. The van der Waals surface area contributed by atoms with Crippen LogP contribution in [-0.2, 0) is 16.6 Å². The molecule has 8 nitrogen and oxygen atoms in total. The van der Waals surface area contributed by atoms with Crippen molar-refractivity contribution in [2.24, 2.45) is 7.05 Å². The maximum absolute atomic E-state index is 12.8. The lowest BCUT2D eigenvalue weighted by Gasteiger charge is -2.31. The van der Waals surface area contributed by atoms with Crippen molar-refractivity contribution in [2.75, 3.05) is 18.6 Å². The molecule has 140 valence electrons. The van der Waals surface area contributed by atoms with E-state index in [2.05, 4.69) is 15.4 Å². The normalized spacial score (nSPS) is 18.8. The van der Waals surface area contributed by atoms with E-state index in [4.69, 9.17) is 4.74 Å². The standard InChI is InChI=1S/C17H23N5O3S/c1-10-14(26-16(18-10)11(2)25-4)15(23)19-12-6-5-8-22(17(12)24)13-7-9-21(3)20-13/h7,9,11-12H,5-6,8H2,1-4H3,(H,19,23)/t11-,12+/m1/s1. The zero-order valence-electron chi connectivity index (χ0n) is 15.4. The molecule has 0 bridgehead atoms. The van der Waals surface area contributed by atoms with Crippen LogP contribution in [-0.4, -0.2) is 46.3 Å². The van der Waals surface area contributed by atoms with Crippen LogP contribution in [0.1, 0.15) is 46.2 Å². The number of hydrogen-bond acceptors (Lipinski definition) is 6. The second-order valence-corrected chi connectivity index (χ2v) is 7.38. The number of aromatic nitrogens is 3. The van der Waals surface area contributed by atoms with Crippen molar-refractivity contribution < 1.29 is 14.3 Å². The van der Waals surface area contributed by atoms with E-state index in [1.165, 1.54) is 11.3 Å². The van der Waals surface area contributed by atoms with E-state index >= 15 is 0 Å². The Bertz CT molecular complexity index is 815. The maximum atomic E-state index is 12.8. The minimum Gasteiger partial charge on any atom is -0.375 e. The number of carbonyl (C=O) groups is 2. The van der Waals surface area contributed by atoms with Crippen LogP contribution in [0.3, 0.4) is 0 Å². The summed E-state index contributed by atoms with van der Waals surface area (Å²) in [5.74, 6) is 0.216. The number of methoxy groups -OCH3 is 1. The molecular weight excluding hydrogens is 354 g/mol. The average Bonchev–Trinajstić information content (AvgIpc) is 3.22. The summed E-state index contributed by atoms with van der Waals surface area (Å²) in [4.78, 5) is 32.0. The summed E-state index contributed by atoms with van der Waals surface area (Å²) in [6, 6.07) is 1.25. The number of hydrogen-bond donors (Lipinski definition) is 1. The van der Waals surface area contributed by atoms with E-state index in [9.17, 15) is 9.59 Å². The first kappa shape index (κ1) is 18.5. The van der Waals surface area contributed by atoms with Gasteiger partial charge >= 0.3 is 0 Å². The van der Waals surface area contributed by atoms with Gasteiger partial charge in [-0.25, -0.2) is 4.98 Å². The molecule has 0 aromatic carbocycles. The Hall–Kier alpha value is -2.26. The second-order valence-electron chi connectivity index (χ2n) is 6.35. The van der Waals surface area contributed by atoms with Crippen LogP contribution >= 0.6 is 11.3 Å². The summed E-state index contributed by atoms with van der Waals surface area (Å²) in [6.07, 6.45) is 3.05. The van der Waals surface area contributed by atoms with E-state index < -0.39 is 6.04 Å². The van der Waals surface area contributed by atoms with E-state index in [0.29, 0.717) is 29.4 Å². The molecule has 1 aliphatic heterocycles. The lowest BCUT2D eigenvalue weighted by molar-refractivity contribution is -0.121. The summed E-state index contributed by atoms with van der Waals surface area (Å²) in [7, 11) is 3.41. The monoisotopic (exact) mass is 377 g/mol. The molecule has 0 saturated carbocycles. The Kier molecular flexibility index (Phi) is 5.38. The van der Waals surface area contributed by atoms with Crippen LogP contribution in [0.15, 0.2) is 12.3 Å². The third-order valence-electron chi connectivity index (χ3n) is 4.44. The smallest absolute Gasteiger partial charge is 0.263 e. The van der Waals surface area contributed by atoms with Gasteiger partial charge in [0.25, 0.3) is 11.8 Å². The number of nitrogens with one attached hydrogen (secondary N) is 1. The van der Waals surface area contributed by atoms with E-state index in [1.807, 2.05) is 14.0 Å². The lowest BCUT2D eigenvalue weighted by atomic mass is 10.0. The Balaban J connectivity index is 1.73. The third-order valence-corrected chi connectivity index (χ3v) is 5.76. The number of amides is 2. The van der Waals surface area contributed by atoms with Crippen molar-refractivity contribution in [1.29, 1.82) is 0 Å². The van der Waals surface area contributed by atoms with Crippen LogP contribution in [0.5, 0.6) is 0 Å². The maximum Gasteiger partial charge on any atom is 0.263 e. The first-order valence-electron chi connectivity index (χ1n) is 8.52. The zero-order chi connectivity index (χ0) is 18.8. The highest BCUT2D eigenvalue weighted by molar-refractivity contribution is 7.13. The Labute approximate surface area is 156 Å². The number of ether oxygens (including phenoxy) is 1. The summed E-state index contributed by atoms with van der Waals surface area (Å²) >= 11 is 1.30. The van der Waals surface area contributed by atoms with Crippen molar-refractivity contribution >= 4 is 29.0 Å². The third kappa shape index (κ3) is 3.63. The Morgan fingerprint density at radius 1 is 1.50 bits per heavy atom. The van der Waals surface area contributed by atoms with Crippen molar-refractivity contribution in [3.63, 3.8) is 0 Å². The Morgan fingerprint density at radius 2 is 2.27 bits per heavy atom. The van der Waals surface area contributed by atoms with Gasteiger partial charge in [-0.3, -0.25) is 19.2 Å². The molecule has 26 heavy (non-hydrogen) atoms. The number of thiazole rings is 1. The molecule has 0 spiro atoms. The first-order valence-corrected chi connectivity index (χ1v) is 9.34. The SMILES string of the molecule is CO[C@H](C)c1nc(C)c(C(=O)N[C@H]2CCCN(c3ccn(C)n3)C2=O)s1. The number of nitrogens with zero attached hydrogens (tertiary/aromatic N) is 4. The van der Waals surface area contributed by atoms with Gasteiger partial charge in [0.2, 0.25) is 0 Å². The molecule has 1 fully saturated rings. The predicted molar refractivity (Wildman–Crippen MR) is 98.3 cm³/mol. The zero-order valence-corrected chi connectivity index (χ0v) is 16.2. The molecule has 1 saturated heterocycles. The van der Waals surface area contributed by atoms with Crippen LogP contribution in [0.4, 0.5) is 5.82 Å². The number of aryl methyl sites for hydroxylation is 2. The van der Waals surface area contributed by atoms with E-state index in [0.717, 1.165) is 11.4 Å². The van der Waals surface area contributed by atoms with Crippen molar-refractivity contribution in [3.8, 4) is 0 Å². The highest BCUT2D eigenvalue weighted by Crippen LogP contribution is 2.26. The molecule has 2 amide bonds.